The predicted molar refractivity (Wildman–Crippen MR) is 92.4 cm³/mol. The van der Waals surface area contributed by atoms with E-state index in [0.717, 1.165) is 5.56 Å². The first-order valence-corrected chi connectivity index (χ1v) is 7.77. The number of aliphatic hydroxyl groups is 2. The molecule has 2 unspecified atom stereocenters. The molecule has 2 N–H and O–H groups in total. The van der Waals surface area contributed by atoms with Crippen molar-refractivity contribution in [3.8, 4) is 11.8 Å². The molecule has 4 heteroatoms. The lowest BCUT2D eigenvalue weighted by Crippen LogP contribution is -2.06. The first kappa shape index (κ1) is 19.7. The number of ketones is 1. The molecule has 0 aromatic heterocycles. The van der Waals surface area contributed by atoms with Gasteiger partial charge in [-0.2, -0.15) is 0 Å². The van der Waals surface area contributed by atoms with Gasteiger partial charge >= 0.3 is 5.78 Å². The zero-order valence-corrected chi connectivity index (χ0v) is 13.5. The van der Waals surface area contributed by atoms with E-state index in [9.17, 15) is 19.4 Å². The highest BCUT2D eigenvalue weighted by molar-refractivity contribution is 5.82. The van der Waals surface area contributed by atoms with Crippen molar-refractivity contribution in [1.29, 1.82) is 0 Å². The number of carbonyl (C=O) groups excluding carboxylic acids is 1. The number of hydrogen-bond donors (Lipinski definition) is 2. The fourth-order valence-electron chi connectivity index (χ4n) is 1.94. The average molecular weight is 329 g/mol. The van der Waals surface area contributed by atoms with Gasteiger partial charge in [0.05, 0.1) is 12.5 Å². The molecule has 0 radical (unpaired) electrons. The van der Waals surface area contributed by atoms with Crippen molar-refractivity contribution in [1.82, 2.24) is 0 Å². The first-order valence-electron chi connectivity index (χ1n) is 7.77. The molecular weight excluding hydrogens is 307 g/mol. The molecule has 0 aliphatic heterocycles. The highest BCUT2D eigenvalue weighted by Gasteiger charge is 2.03. The van der Waals surface area contributed by atoms with Gasteiger partial charge in [0.15, 0.2) is 0 Å². The summed E-state index contributed by atoms with van der Waals surface area (Å²) in [6.45, 7) is 3.26. The summed E-state index contributed by atoms with van der Waals surface area (Å²) in [5.74, 6) is 4.90. The van der Waals surface area contributed by atoms with Gasteiger partial charge in [0, 0.05) is 6.42 Å². The lowest BCUT2D eigenvalue weighted by molar-refractivity contribution is -0.115. The van der Waals surface area contributed by atoms with E-state index >= 15 is 0 Å². The summed E-state index contributed by atoms with van der Waals surface area (Å²) in [5, 5.41) is 19.4. The fraction of sp³-hybridized carbons (Fsp3) is 0.300. The highest BCUT2D eigenvalue weighted by atomic mass is 19.1. The molecular formula is C20H22FO3+. The molecule has 0 aliphatic carbocycles. The number of allylic oxidation sites excluding steroid dienone is 3. The summed E-state index contributed by atoms with van der Waals surface area (Å²) in [4.78, 5) is 10.7. The number of Topliss-reactive ketones (excluding diaryl/α,β-unsaturated/α-hetero) is 1. The van der Waals surface area contributed by atoms with Gasteiger partial charge in [-0.3, -0.25) is 0 Å². The van der Waals surface area contributed by atoms with Crippen LogP contribution in [0.5, 0.6) is 0 Å². The lowest BCUT2D eigenvalue weighted by Gasteiger charge is -2.04. The van der Waals surface area contributed by atoms with Crippen LogP contribution in [0, 0.1) is 24.6 Å². The maximum atomic E-state index is 12.8. The van der Waals surface area contributed by atoms with E-state index in [1.807, 2.05) is 0 Å². The molecule has 1 rings (SSSR count). The van der Waals surface area contributed by atoms with Crippen LogP contribution >= 0.6 is 0 Å². The number of rotatable bonds is 8. The zero-order chi connectivity index (χ0) is 17.8. The Morgan fingerprint density at radius 2 is 1.96 bits per heavy atom. The van der Waals surface area contributed by atoms with Gasteiger partial charge in [0.25, 0.3) is 0 Å². The molecule has 24 heavy (non-hydrogen) atoms. The van der Waals surface area contributed by atoms with E-state index in [4.69, 9.17) is 0 Å². The van der Waals surface area contributed by atoms with Gasteiger partial charge in [-0.1, -0.05) is 42.2 Å². The van der Waals surface area contributed by atoms with Crippen molar-refractivity contribution in [2.75, 3.05) is 0 Å². The normalized spacial score (nSPS) is 13.6. The average Bonchev–Trinajstić information content (AvgIpc) is 2.52. The summed E-state index contributed by atoms with van der Waals surface area (Å²) in [7, 11) is 0. The van der Waals surface area contributed by atoms with E-state index in [0.29, 0.717) is 25.7 Å². The zero-order valence-electron chi connectivity index (χ0n) is 13.5. The minimum absolute atomic E-state index is 0.139. The second-order valence-corrected chi connectivity index (χ2v) is 5.38. The molecule has 3 nitrogen and oxygen atoms in total. The van der Waals surface area contributed by atoms with E-state index in [2.05, 4.69) is 18.8 Å². The van der Waals surface area contributed by atoms with Gasteiger partial charge in [0.2, 0.25) is 0 Å². The van der Waals surface area contributed by atoms with Gasteiger partial charge in [-0.05, 0) is 36.6 Å². The molecule has 0 heterocycles. The Kier molecular flexibility index (Phi) is 9.21. The third kappa shape index (κ3) is 9.62. The minimum Gasteiger partial charge on any atom is -0.389 e. The molecule has 0 fully saturated rings. The van der Waals surface area contributed by atoms with Crippen LogP contribution in [-0.4, -0.2) is 28.2 Å². The Balaban J connectivity index is 2.30. The number of hydrogen-bond acceptors (Lipinski definition) is 3. The van der Waals surface area contributed by atoms with Crippen molar-refractivity contribution in [2.45, 2.75) is 37.9 Å². The van der Waals surface area contributed by atoms with E-state index in [1.165, 1.54) is 12.1 Å². The molecule has 0 spiro atoms. The fourth-order valence-corrected chi connectivity index (χ4v) is 1.94. The smallest absolute Gasteiger partial charge is 0.303 e. The van der Waals surface area contributed by atoms with Crippen LogP contribution in [0.3, 0.4) is 0 Å². The molecule has 0 saturated heterocycles. The quantitative estimate of drug-likeness (QED) is 0.438. The molecule has 0 amide bonds. The van der Waals surface area contributed by atoms with E-state index in [1.54, 1.807) is 36.4 Å². The molecule has 126 valence electrons. The SMILES string of the molecule is [CH2+]C(=O)CCCC(O)C#C/C=C/C=C/C(O)Cc1ccc(F)cc1. The topological polar surface area (TPSA) is 57.5 Å². The van der Waals surface area contributed by atoms with Crippen LogP contribution in [0.1, 0.15) is 24.8 Å². The van der Waals surface area contributed by atoms with Crippen molar-refractivity contribution >= 4 is 5.78 Å². The van der Waals surface area contributed by atoms with Crippen LogP contribution < -0.4 is 0 Å². The summed E-state index contributed by atoms with van der Waals surface area (Å²) in [5.41, 5.74) is 0.848. The van der Waals surface area contributed by atoms with Crippen molar-refractivity contribution in [3.05, 3.63) is 66.9 Å². The largest absolute Gasteiger partial charge is 0.389 e. The maximum absolute atomic E-state index is 12.8. The van der Waals surface area contributed by atoms with Gasteiger partial charge in [-0.15, -0.1) is 0 Å². The Hall–Kier alpha value is -2.35. The molecule has 1 aromatic rings. The molecule has 2 atom stereocenters. The van der Waals surface area contributed by atoms with Crippen LogP contribution in [0.15, 0.2) is 48.6 Å². The number of carbonyl (C=O) groups is 1. The highest BCUT2D eigenvalue weighted by Crippen LogP contribution is 2.06. The van der Waals surface area contributed by atoms with E-state index < -0.39 is 12.2 Å². The standard InChI is InChI=1S/C20H22FO3/c1-16(22)7-6-10-19(23)8-4-2-3-5-9-20(24)15-17-11-13-18(21)14-12-17/h2-3,5,9,11-14,19-20,23-24H,1,6-7,10,15H2/q+1/b3-2+,9-5+. The summed E-state index contributed by atoms with van der Waals surface area (Å²) in [6, 6.07) is 5.99. The maximum Gasteiger partial charge on any atom is 0.303 e. The second-order valence-electron chi connectivity index (χ2n) is 5.38. The predicted octanol–water partition coefficient (Wildman–Crippen LogP) is 2.78. The van der Waals surface area contributed by atoms with Crippen molar-refractivity contribution < 1.29 is 19.4 Å². The Morgan fingerprint density at radius 3 is 2.62 bits per heavy atom. The van der Waals surface area contributed by atoms with Crippen LogP contribution in [0.25, 0.3) is 0 Å². The van der Waals surface area contributed by atoms with Crippen LogP contribution in [0.2, 0.25) is 0 Å². The van der Waals surface area contributed by atoms with E-state index in [-0.39, 0.29) is 11.6 Å². The molecule has 0 bridgehead atoms. The Morgan fingerprint density at radius 1 is 1.25 bits per heavy atom. The van der Waals surface area contributed by atoms with Crippen molar-refractivity contribution in [2.24, 2.45) is 0 Å². The minimum atomic E-state index is -0.762. The Bertz CT molecular complexity index is 621. The first-order chi connectivity index (χ1) is 11.5. The van der Waals surface area contributed by atoms with Crippen LogP contribution in [0.4, 0.5) is 4.39 Å². The lowest BCUT2D eigenvalue weighted by atomic mass is 10.1. The van der Waals surface area contributed by atoms with Gasteiger partial charge < -0.3 is 10.2 Å². The molecule has 1 aromatic carbocycles. The van der Waals surface area contributed by atoms with Crippen molar-refractivity contribution in [3.63, 3.8) is 0 Å². The van der Waals surface area contributed by atoms with Crippen LogP contribution in [-0.2, 0) is 11.2 Å². The second kappa shape index (κ2) is 11.2. The summed E-state index contributed by atoms with van der Waals surface area (Å²) in [6.07, 6.45) is 6.83. The molecule has 0 saturated carbocycles. The molecule has 0 aliphatic rings. The summed E-state index contributed by atoms with van der Waals surface area (Å²) < 4.78 is 12.8. The van der Waals surface area contributed by atoms with Gasteiger partial charge in [0.1, 0.15) is 18.8 Å². The number of benzene rings is 1. The Labute approximate surface area is 142 Å². The number of aliphatic hydroxyl groups excluding tert-OH is 2. The van der Waals surface area contributed by atoms with Gasteiger partial charge in [-0.25, -0.2) is 9.18 Å². The third-order valence-electron chi connectivity index (χ3n) is 3.17. The number of halogens is 1. The summed E-state index contributed by atoms with van der Waals surface area (Å²) >= 11 is 0. The monoisotopic (exact) mass is 329 g/mol. The third-order valence-corrected chi connectivity index (χ3v) is 3.17.